The summed E-state index contributed by atoms with van der Waals surface area (Å²) >= 11 is 0. The van der Waals surface area contributed by atoms with Crippen LogP contribution < -0.4 is 5.32 Å². The van der Waals surface area contributed by atoms with E-state index >= 15 is 0 Å². The van der Waals surface area contributed by atoms with Crippen LogP contribution in [0.25, 0.3) is 11.2 Å². The van der Waals surface area contributed by atoms with Crippen LogP contribution in [0, 0.1) is 0 Å². The second-order valence-corrected chi connectivity index (χ2v) is 7.73. The molecule has 1 fully saturated rings. The molecule has 0 spiro atoms. The summed E-state index contributed by atoms with van der Waals surface area (Å²) in [6.45, 7) is -0.660. The number of carbonyl (C=O) groups excluding carboxylic acids is 1. The highest BCUT2D eigenvalue weighted by atomic mass is 31.2. The Morgan fingerprint density at radius 1 is 1.32 bits per heavy atom. The summed E-state index contributed by atoms with van der Waals surface area (Å²) < 4.78 is 22.6. The lowest BCUT2D eigenvalue weighted by Gasteiger charge is -2.20. The highest BCUT2D eigenvalue weighted by molar-refractivity contribution is 7.46. The zero-order valence-electron chi connectivity index (χ0n) is 15.6. The van der Waals surface area contributed by atoms with Gasteiger partial charge in [-0.1, -0.05) is 0 Å². The number of fused-ring (bicyclic) bond motifs is 1. The molecule has 4 heterocycles. The summed E-state index contributed by atoms with van der Waals surface area (Å²) in [7, 11) is -4.96. The van der Waals surface area contributed by atoms with Crippen molar-refractivity contribution in [1.29, 1.82) is 0 Å². The minimum absolute atomic E-state index is 0.0896. The second kappa shape index (κ2) is 8.36. The number of aliphatic hydroxyl groups excluding tert-OH is 2. The first kappa shape index (κ1) is 21.4. The molecule has 4 atom stereocenters. The zero-order chi connectivity index (χ0) is 22.2. The number of carbonyl (C=O) groups is 1. The first-order chi connectivity index (χ1) is 14.8. The number of pyridine rings is 1. The number of nitrogens with one attached hydrogen (secondary N) is 1. The van der Waals surface area contributed by atoms with Gasteiger partial charge in [-0.15, -0.1) is 0 Å². The standard InChI is InChI=1S/C16H17N6O8P/c23-5-9-12(30-31(26,27)28)11(24)16(29-9)22-7-20-10-13(18-6-19-14(10)22)21-15(25)8-2-1-3-17-4-8/h1-4,6-7,9,11-12,16,23-24H,5H2,(H2,26,27,28)(H,18,19,21,25)/t9-,11-,12-,16-/m1/s1. The summed E-state index contributed by atoms with van der Waals surface area (Å²) in [5, 5.41) is 22.6. The number of aromatic nitrogens is 5. The third-order valence-electron chi connectivity index (χ3n) is 4.54. The molecule has 14 nitrogen and oxygen atoms in total. The maximum atomic E-state index is 12.4. The van der Waals surface area contributed by atoms with Crippen LogP contribution >= 0.6 is 7.82 Å². The summed E-state index contributed by atoms with van der Waals surface area (Å²) in [6, 6.07) is 3.17. The molecule has 15 heteroatoms. The average molecular weight is 452 g/mol. The molecule has 0 unspecified atom stereocenters. The normalized spacial score (nSPS) is 23.9. The van der Waals surface area contributed by atoms with Gasteiger partial charge in [0.2, 0.25) is 0 Å². The second-order valence-electron chi connectivity index (χ2n) is 6.54. The molecular formula is C16H17N6O8P. The summed E-state index contributed by atoms with van der Waals surface area (Å²) in [6.07, 6.45) is -0.185. The molecule has 3 aromatic rings. The van der Waals surface area contributed by atoms with Gasteiger partial charge in [-0.2, -0.15) is 0 Å². The van der Waals surface area contributed by atoms with Crippen molar-refractivity contribution in [2.45, 2.75) is 24.5 Å². The minimum atomic E-state index is -4.96. The van der Waals surface area contributed by atoms with Crippen molar-refractivity contribution in [1.82, 2.24) is 24.5 Å². The average Bonchev–Trinajstić information content (AvgIpc) is 3.29. The third-order valence-corrected chi connectivity index (χ3v) is 5.06. The molecule has 5 N–H and O–H groups in total. The van der Waals surface area contributed by atoms with Crippen LogP contribution in [-0.2, 0) is 13.8 Å². The molecule has 3 aromatic heterocycles. The van der Waals surface area contributed by atoms with E-state index in [0.717, 1.165) is 6.33 Å². The Bertz CT molecular complexity index is 1140. The molecule has 0 aromatic carbocycles. The SMILES string of the molecule is O=C(Nc1ncnc2c1ncn2[C@@H]1O[C@H](CO)[C@@H](OP(=O)(O)O)[C@H]1O)c1cccnc1. The van der Waals surface area contributed by atoms with E-state index in [4.69, 9.17) is 14.5 Å². The van der Waals surface area contributed by atoms with Gasteiger partial charge in [-0.05, 0) is 12.1 Å². The lowest BCUT2D eigenvalue weighted by Crippen LogP contribution is -2.35. The number of amides is 1. The highest BCUT2D eigenvalue weighted by Crippen LogP contribution is 2.44. The first-order valence-electron chi connectivity index (χ1n) is 8.85. The Morgan fingerprint density at radius 2 is 2.13 bits per heavy atom. The van der Waals surface area contributed by atoms with Crippen molar-refractivity contribution in [3.05, 3.63) is 42.7 Å². The number of anilines is 1. The van der Waals surface area contributed by atoms with E-state index in [0.29, 0.717) is 5.56 Å². The van der Waals surface area contributed by atoms with E-state index in [-0.39, 0.29) is 17.0 Å². The van der Waals surface area contributed by atoms with Gasteiger partial charge in [0, 0.05) is 12.4 Å². The van der Waals surface area contributed by atoms with Crippen LogP contribution in [0.1, 0.15) is 16.6 Å². The predicted octanol–water partition coefficient (Wildman–Crippen LogP) is -0.798. The van der Waals surface area contributed by atoms with E-state index in [9.17, 15) is 19.6 Å². The lowest BCUT2D eigenvalue weighted by molar-refractivity contribution is -0.0509. The van der Waals surface area contributed by atoms with E-state index in [2.05, 4.69) is 29.8 Å². The van der Waals surface area contributed by atoms with E-state index < -0.39 is 44.9 Å². The van der Waals surface area contributed by atoms with Crippen molar-refractivity contribution >= 4 is 30.7 Å². The Morgan fingerprint density at radius 3 is 2.81 bits per heavy atom. The number of ether oxygens (including phenoxy) is 1. The first-order valence-corrected chi connectivity index (χ1v) is 10.4. The van der Waals surface area contributed by atoms with E-state index in [1.165, 1.54) is 23.3 Å². The summed E-state index contributed by atoms with van der Waals surface area (Å²) in [5.74, 6) is -0.387. The smallest absolute Gasteiger partial charge is 0.394 e. The Hall–Kier alpha value is -2.84. The van der Waals surface area contributed by atoms with E-state index in [1.54, 1.807) is 12.1 Å². The molecule has 0 aliphatic carbocycles. The molecule has 4 rings (SSSR count). The van der Waals surface area contributed by atoms with Crippen LogP contribution in [-0.4, -0.2) is 75.3 Å². The largest absolute Gasteiger partial charge is 0.470 e. The summed E-state index contributed by atoms with van der Waals surface area (Å²) in [5.41, 5.74) is 0.635. The van der Waals surface area contributed by atoms with Crippen molar-refractivity contribution < 1.29 is 38.6 Å². The number of rotatable bonds is 6. The zero-order valence-corrected chi connectivity index (χ0v) is 16.5. The number of phosphoric ester groups is 1. The van der Waals surface area contributed by atoms with Crippen molar-refractivity contribution in [2.24, 2.45) is 0 Å². The number of phosphoric acid groups is 1. The molecule has 1 saturated heterocycles. The van der Waals surface area contributed by atoms with Gasteiger partial charge in [0.25, 0.3) is 5.91 Å². The summed E-state index contributed by atoms with van der Waals surface area (Å²) in [4.78, 5) is 46.7. The van der Waals surface area contributed by atoms with Crippen molar-refractivity contribution in [3.8, 4) is 0 Å². The molecule has 1 aliphatic rings. The molecule has 1 amide bonds. The van der Waals surface area contributed by atoms with Crippen LogP contribution in [0.4, 0.5) is 5.82 Å². The fourth-order valence-corrected chi connectivity index (χ4v) is 3.77. The molecule has 164 valence electrons. The minimum Gasteiger partial charge on any atom is -0.394 e. The van der Waals surface area contributed by atoms with Crippen LogP contribution in [0.5, 0.6) is 0 Å². The fraction of sp³-hybridized carbons (Fsp3) is 0.312. The molecule has 0 bridgehead atoms. The van der Waals surface area contributed by atoms with Gasteiger partial charge in [-0.25, -0.2) is 19.5 Å². The predicted molar refractivity (Wildman–Crippen MR) is 101 cm³/mol. The maximum absolute atomic E-state index is 12.4. The molecule has 1 aliphatic heterocycles. The quantitative estimate of drug-likeness (QED) is 0.292. The Kier molecular flexibility index (Phi) is 5.77. The number of aliphatic hydroxyl groups is 2. The lowest BCUT2D eigenvalue weighted by atomic mass is 10.1. The molecular weight excluding hydrogens is 435 g/mol. The Balaban J connectivity index is 1.63. The van der Waals surface area contributed by atoms with Gasteiger partial charge in [0.1, 0.15) is 24.6 Å². The van der Waals surface area contributed by atoms with Crippen LogP contribution in [0.2, 0.25) is 0 Å². The van der Waals surface area contributed by atoms with Crippen LogP contribution in [0.15, 0.2) is 37.2 Å². The molecule has 0 saturated carbocycles. The van der Waals surface area contributed by atoms with Gasteiger partial charge >= 0.3 is 7.82 Å². The van der Waals surface area contributed by atoms with Crippen LogP contribution in [0.3, 0.4) is 0 Å². The third kappa shape index (κ3) is 4.31. The van der Waals surface area contributed by atoms with Gasteiger partial charge in [-0.3, -0.25) is 18.9 Å². The van der Waals surface area contributed by atoms with Crippen molar-refractivity contribution in [3.63, 3.8) is 0 Å². The van der Waals surface area contributed by atoms with Gasteiger partial charge in [0.15, 0.2) is 23.2 Å². The molecule has 0 radical (unpaired) electrons. The fourth-order valence-electron chi connectivity index (χ4n) is 3.19. The van der Waals surface area contributed by atoms with Crippen molar-refractivity contribution in [2.75, 3.05) is 11.9 Å². The van der Waals surface area contributed by atoms with Gasteiger partial charge in [0.05, 0.1) is 18.5 Å². The Labute approximate surface area is 173 Å². The number of hydrogen-bond acceptors (Lipinski definition) is 10. The number of hydrogen-bond donors (Lipinski definition) is 5. The van der Waals surface area contributed by atoms with E-state index in [1.807, 2.05) is 0 Å². The number of imidazole rings is 1. The van der Waals surface area contributed by atoms with Gasteiger partial charge < -0.3 is 30.1 Å². The maximum Gasteiger partial charge on any atom is 0.470 e. The molecule has 31 heavy (non-hydrogen) atoms. The number of nitrogens with zero attached hydrogens (tertiary/aromatic N) is 5. The monoisotopic (exact) mass is 452 g/mol. The topological polar surface area (TPSA) is 202 Å². The highest BCUT2D eigenvalue weighted by Gasteiger charge is 2.48.